The monoisotopic (exact) mass is 342 g/mol. The van der Waals surface area contributed by atoms with Crippen LogP contribution >= 0.6 is 11.6 Å². The summed E-state index contributed by atoms with van der Waals surface area (Å²) in [6, 6.07) is 3.72. The zero-order chi connectivity index (χ0) is 17.1. The SMILES string of the molecule is CCc1c(C)ncnc1N1CCN(c2ncc(C#N)cc2Cl)CC1. The Morgan fingerprint density at radius 3 is 2.38 bits per heavy atom. The van der Waals surface area contributed by atoms with Gasteiger partial charge >= 0.3 is 0 Å². The lowest BCUT2D eigenvalue weighted by Crippen LogP contribution is -2.47. The van der Waals surface area contributed by atoms with E-state index in [9.17, 15) is 0 Å². The molecular weight excluding hydrogens is 324 g/mol. The van der Waals surface area contributed by atoms with Crippen molar-refractivity contribution in [2.45, 2.75) is 20.3 Å². The third-order valence-electron chi connectivity index (χ3n) is 4.32. The number of hydrogen-bond acceptors (Lipinski definition) is 6. The number of anilines is 2. The molecule has 0 unspecified atom stereocenters. The number of aryl methyl sites for hydroxylation is 1. The average molecular weight is 343 g/mol. The number of rotatable bonds is 3. The number of hydrogen-bond donors (Lipinski definition) is 0. The number of nitrogens with zero attached hydrogens (tertiary/aromatic N) is 6. The van der Waals surface area contributed by atoms with Crippen LogP contribution in [-0.4, -0.2) is 41.1 Å². The number of piperazine rings is 1. The van der Waals surface area contributed by atoms with E-state index in [0.29, 0.717) is 10.6 Å². The van der Waals surface area contributed by atoms with Crippen molar-refractivity contribution in [2.24, 2.45) is 0 Å². The van der Waals surface area contributed by atoms with Crippen LogP contribution in [0.3, 0.4) is 0 Å². The van der Waals surface area contributed by atoms with Crippen molar-refractivity contribution in [1.82, 2.24) is 15.0 Å². The molecule has 1 aliphatic heterocycles. The molecule has 0 amide bonds. The lowest BCUT2D eigenvalue weighted by Gasteiger charge is -2.37. The Morgan fingerprint density at radius 2 is 1.79 bits per heavy atom. The minimum atomic E-state index is 0.478. The Morgan fingerprint density at radius 1 is 1.12 bits per heavy atom. The van der Waals surface area contributed by atoms with Crippen molar-refractivity contribution in [3.05, 3.63) is 40.4 Å². The van der Waals surface area contributed by atoms with E-state index >= 15 is 0 Å². The van der Waals surface area contributed by atoms with Crippen molar-refractivity contribution >= 4 is 23.2 Å². The third-order valence-corrected chi connectivity index (χ3v) is 4.60. The second kappa shape index (κ2) is 7.02. The van der Waals surface area contributed by atoms with Crippen LogP contribution in [0.25, 0.3) is 0 Å². The minimum Gasteiger partial charge on any atom is -0.353 e. The van der Waals surface area contributed by atoms with Gasteiger partial charge < -0.3 is 9.80 Å². The fourth-order valence-electron chi connectivity index (χ4n) is 3.03. The zero-order valence-corrected chi connectivity index (χ0v) is 14.6. The summed E-state index contributed by atoms with van der Waals surface area (Å²) in [5, 5.41) is 9.44. The maximum atomic E-state index is 8.91. The number of nitriles is 1. The van der Waals surface area contributed by atoms with Crippen molar-refractivity contribution in [3.8, 4) is 6.07 Å². The van der Waals surface area contributed by atoms with Crippen LogP contribution in [0.4, 0.5) is 11.6 Å². The van der Waals surface area contributed by atoms with Gasteiger partial charge in [0.15, 0.2) is 0 Å². The van der Waals surface area contributed by atoms with Gasteiger partial charge in [-0.25, -0.2) is 15.0 Å². The zero-order valence-electron chi connectivity index (χ0n) is 13.8. The molecule has 0 atom stereocenters. The molecule has 3 heterocycles. The van der Waals surface area contributed by atoms with Gasteiger partial charge in [0.25, 0.3) is 0 Å². The predicted octanol–water partition coefficient (Wildman–Crippen LogP) is 2.59. The van der Waals surface area contributed by atoms with Gasteiger partial charge in [0, 0.05) is 43.6 Å². The highest BCUT2D eigenvalue weighted by atomic mass is 35.5. The van der Waals surface area contributed by atoms with Crippen LogP contribution in [0.15, 0.2) is 18.6 Å². The first-order chi connectivity index (χ1) is 11.6. The molecule has 0 saturated carbocycles. The van der Waals surface area contributed by atoms with Crippen LogP contribution < -0.4 is 9.80 Å². The summed E-state index contributed by atoms with van der Waals surface area (Å²) in [7, 11) is 0. The number of aromatic nitrogens is 3. The van der Waals surface area contributed by atoms with Gasteiger partial charge in [-0.15, -0.1) is 0 Å². The minimum absolute atomic E-state index is 0.478. The molecule has 1 aliphatic rings. The molecular formula is C17H19ClN6. The Kier molecular flexibility index (Phi) is 4.81. The second-order valence-electron chi connectivity index (χ2n) is 5.73. The molecule has 2 aromatic rings. The molecule has 0 spiro atoms. The van der Waals surface area contributed by atoms with Crippen molar-refractivity contribution in [2.75, 3.05) is 36.0 Å². The van der Waals surface area contributed by atoms with Crippen LogP contribution in [0.2, 0.25) is 5.02 Å². The first kappa shape index (κ1) is 16.5. The topological polar surface area (TPSA) is 68.9 Å². The molecule has 6 nitrogen and oxygen atoms in total. The Labute approximate surface area is 146 Å². The maximum absolute atomic E-state index is 8.91. The largest absolute Gasteiger partial charge is 0.353 e. The standard InChI is InChI=1S/C17H19ClN6/c1-3-14-12(2)21-11-22-16(14)23-4-6-24(7-5-23)17-15(18)8-13(9-19)10-20-17/h8,10-11H,3-7H2,1-2H3. The summed E-state index contributed by atoms with van der Waals surface area (Å²) in [4.78, 5) is 17.6. The highest BCUT2D eigenvalue weighted by Gasteiger charge is 2.23. The Balaban J connectivity index is 1.75. The molecule has 3 rings (SSSR count). The summed E-state index contributed by atoms with van der Waals surface area (Å²) < 4.78 is 0. The summed E-state index contributed by atoms with van der Waals surface area (Å²) in [6.45, 7) is 7.48. The molecule has 24 heavy (non-hydrogen) atoms. The molecule has 0 aliphatic carbocycles. The van der Waals surface area contributed by atoms with Crippen molar-refractivity contribution in [1.29, 1.82) is 5.26 Å². The highest BCUT2D eigenvalue weighted by Crippen LogP contribution is 2.27. The smallest absolute Gasteiger partial charge is 0.147 e. The van der Waals surface area contributed by atoms with E-state index < -0.39 is 0 Å². The molecule has 1 fully saturated rings. The number of halogens is 1. The molecule has 124 valence electrons. The molecule has 0 N–H and O–H groups in total. The first-order valence-electron chi connectivity index (χ1n) is 8.00. The van der Waals surface area contributed by atoms with Crippen molar-refractivity contribution < 1.29 is 0 Å². The quantitative estimate of drug-likeness (QED) is 0.854. The summed E-state index contributed by atoms with van der Waals surface area (Å²) in [5.74, 6) is 1.77. The predicted molar refractivity (Wildman–Crippen MR) is 94.5 cm³/mol. The van der Waals surface area contributed by atoms with Gasteiger partial charge in [-0.1, -0.05) is 18.5 Å². The van der Waals surface area contributed by atoms with E-state index in [0.717, 1.165) is 49.9 Å². The normalized spacial score (nSPS) is 14.6. The van der Waals surface area contributed by atoms with Gasteiger partial charge in [0.2, 0.25) is 0 Å². The lowest BCUT2D eigenvalue weighted by atomic mass is 10.1. The van der Waals surface area contributed by atoms with E-state index in [2.05, 4.69) is 37.7 Å². The highest BCUT2D eigenvalue weighted by molar-refractivity contribution is 6.33. The fourth-order valence-corrected chi connectivity index (χ4v) is 3.31. The van der Waals surface area contributed by atoms with Gasteiger partial charge in [-0.05, 0) is 19.4 Å². The van der Waals surface area contributed by atoms with E-state index in [1.54, 1.807) is 18.6 Å². The van der Waals surface area contributed by atoms with Crippen LogP contribution in [0.5, 0.6) is 0 Å². The average Bonchev–Trinajstić information content (AvgIpc) is 2.61. The summed E-state index contributed by atoms with van der Waals surface area (Å²) in [6.07, 6.45) is 4.12. The van der Waals surface area contributed by atoms with E-state index in [4.69, 9.17) is 16.9 Å². The fraction of sp³-hybridized carbons (Fsp3) is 0.412. The van der Waals surface area contributed by atoms with Crippen LogP contribution in [-0.2, 0) is 6.42 Å². The van der Waals surface area contributed by atoms with E-state index in [1.165, 1.54) is 5.56 Å². The molecule has 0 radical (unpaired) electrons. The van der Waals surface area contributed by atoms with Gasteiger partial charge in [-0.3, -0.25) is 0 Å². The summed E-state index contributed by atoms with van der Waals surface area (Å²) >= 11 is 6.27. The van der Waals surface area contributed by atoms with E-state index in [-0.39, 0.29) is 0 Å². The third kappa shape index (κ3) is 3.13. The van der Waals surface area contributed by atoms with Crippen LogP contribution in [0.1, 0.15) is 23.7 Å². The van der Waals surface area contributed by atoms with Gasteiger partial charge in [0.05, 0.1) is 10.6 Å². The Bertz CT molecular complexity index is 777. The van der Waals surface area contributed by atoms with Gasteiger partial charge in [-0.2, -0.15) is 5.26 Å². The summed E-state index contributed by atoms with van der Waals surface area (Å²) in [5.41, 5.74) is 2.73. The Hall–Kier alpha value is -2.39. The molecule has 1 saturated heterocycles. The molecule has 7 heteroatoms. The lowest BCUT2D eigenvalue weighted by molar-refractivity contribution is 0.637. The second-order valence-corrected chi connectivity index (χ2v) is 6.14. The number of pyridine rings is 1. The van der Waals surface area contributed by atoms with Crippen LogP contribution in [0, 0.1) is 18.3 Å². The van der Waals surface area contributed by atoms with Crippen molar-refractivity contribution in [3.63, 3.8) is 0 Å². The van der Waals surface area contributed by atoms with Gasteiger partial charge in [0.1, 0.15) is 24.0 Å². The molecule has 0 aromatic carbocycles. The van der Waals surface area contributed by atoms with E-state index in [1.807, 2.05) is 6.92 Å². The molecule has 0 bridgehead atoms. The first-order valence-corrected chi connectivity index (χ1v) is 8.37. The molecule has 2 aromatic heterocycles. The maximum Gasteiger partial charge on any atom is 0.147 e.